The van der Waals surface area contributed by atoms with Crippen molar-refractivity contribution < 1.29 is 34.4 Å². The molecule has 0 spiro atoms. The van der Waals surface area contributed by atoms with Crippen LogP contribution in [-0.4, -0.2) is 38.9 Å². The molecule has 26 heavy (non-hydrogen) atoms. The van der Waals surface area contributed by atoms with Crippen LogP contribution in [0.5, 0.6) is 0 Å². The van der Waals surface area contributed by atoms with Gasteiger partial charge in [0, 0.05) is 36.7 Å². The zero-order valence-corrected chi connectivity index (χ0v) is 15.2. The monoisotopic (exact) mass is 367 g/mol. The van der Waals surface area contributed by atoms with E-state index in [9.17, 15) is 19.8 Å². The maximum absolute atomic E-state index is 11.9. The van der Waals surface area contributed by atoms with Gasteiger partial charge in [-0.1, -0.05) is 0 Å². The van der Waals surface area contributed by atoms with Crippen LogP contribution in [0.2, 0.25) is 0 Å². The molecular formula is C18H25NO7. The number of aliphatic hydroxyl groups excluding tert-OH is 2. The van der Waals surface area contributed by atoms with Crippen LogP contribution >= 0.6 is 0 Å². The van der Waals surface area contributed by atoms with E-state index in [0.717, 1.165) is 5.69 Å². The second kappa shape index (κ2) is 8.37. The van der Waals surface area contributed by atoms with Crippen molar-refractivity contribution in [3.63, 3.8) is 0 Å². The highest BCUT2D eigenvalue weighted by Gasteiger charge is 2.34. The van der Waals surface area contributed by atoms with Crippen LogP contribution in [0.1, 0.15) is 60.4 Å². The highest BCUT2D eigenvalue weighted by atomic mass is 16.5. The normalized spacial score (nSPS) is 18.9. The van der Waals surface area contributed by atoms with Gasteiger partial charge in [0.25, 0.3) is 0 Å². The third-order valence-corrected chi connectivity index (χ3v) is 4.68. The Hall–Kier alpha value is -2.32. The Morgan fingerprint density at radius 2 is 1.88 bits per heavy atom. The van der Waals surface area contributed by atoms with Crippen LogP contribution in [-0.2, 0) is 32.7 Å². The molecule has 0 aliphatic heterocycles. The molecule has 1 aliphatic rings. The number of carboxylic acids is 1. The fourth-order valence-electron chi connectivity index (χ4n) is 3.18. The summed E-state index contributed by atoms with van der Waals surface area (Å²) in [5.41, 5.74) is 2.45. The first kappa shape index (κ1) is 20.0. The van der Waals surface area contributed by atoms with Crippen LogP contribution in [0.3, 0.4) is 0 Å². The van der Waals surface area contributed by atoms with Gasteiger partial charge in [-0.15, -0.1) is 0 Å². The molecule has 0 fully saturated rings. The number of ether oxygens (including phenoxy) is 2. The van der Waals surface area contributed by atoms with Gasteiger partial charge in [0.05, 0.1) is 12.8 Å². The average molecular weight is 367 g/mol. The number of aromatic nitrogens is 1. The number of hydrogen-bond acceptors (Lipinski definition) is 6. The number of rotatable bonds is 8. The molecule has 3 N–H and O–H groups in total. The van der Waals surface area contributed by atoms with Crippen molar-refractivity contribution in [3.05, 3.63) is 34.3 Å². The Morgan fingerprint density at radius 1 is 1.23 bits per heavy atom. The summed E-state index contributed by atoms with van der Waals surface area (Å²) in [6.45, 7) is 1.79. The first-order valence-corrected chi connectivity index (χ1v) is 8.45. The van der Waals surface area contributed by atoms with Gasteiger partial charge < -0.3 is 29.4 Å². The van der Waals surface area contributed by atoms with E-state index >= 15 is 0 Å². The van der Waals surface area contributed by atoms with Crippen molar-refractivity contribution in [2.45, 2.75) is 51.4 Å². The van der Waals surface area contributed by atoms with Crippen LogP contribution in [0, 0.1) is 6.92 Å². The maximum atomic E-state index is 11.9. The molecule has 1 aromatic rings. The Kier molecular flexibility index (Phi) is 6.44. The van der Waals surface area contributed by atoms with Crippen molar-refractivity contribution >= 4 is 11.9 Å². The number of aliphatic hydroxyl groups is 2. The molecule has 0 radical (unpaired) electrons. The van der Waals surface area contributed by atoms with Gasteiger partial charge in [-0.3, -0.25) is 9.59 Å². The van der Waals surface area contributed by atoms with Gasteiger partial charge >= 0.3 is 11.9 Å². The van der Waals surface area contributed by atoms with Gasteiger partial charge in [-0.25, -0.2) is 0 Å². The molecule has 2 unspecified atom stereocenters. The predicted octanol–water partition coefficient (Wildman–Crippen LogP) is 1.63. The second-order valence-corrected chi connectivity index (χ2v) is 6.30. The lowest BCUT2D eigenvalue weighted by atomic mass is 9.94. The summed E-state index contributed by atoms with van der Waals surface area (Å²) in [5, 5.41) is 29.4. The Labute approximate surface area is 151 Å². The Bertz CT molecular complexity index is 720. The van der Waals surface area contributed by atoms with Gasteiger partial charge in [0.2, 0.25) is 0 Å². The van der Waals surface area contributed by atoms with E-state index in [-0.39, 0.29) is 25.2 Å². The largest absolute Gasteiger partial charge is 0.498 e. The highest BCUT2D eigenvalue weighted by Crippen LogP contribution is 2.40. The lowest BCUT2D eigenvalue weighted by Gasteiger charge is -2.24. The summed E-state index contributed by atoms with van der Waals surface area (Å²) in [6, 6.07) is 0. The fraction of sp³-hybridized carbons (Fsp3) is 0.556. The highest BCUT2D eigenvalue weighted by molar-refractivity contribution is 5.70. The molecule has 0 bridgehead atoms. The first-order chi connectivity index (χ1) is 12.3. The smallest absolute Gasteiger partial charge is 0.306 e. The Balaban J connectivity index is 2.09. The lowest BCUT2D eigenvalue weighted by molar-refractivity contribution is -0.145. The zero-order chi connectivity index (χ0) is 19.4. The number of fused-ring (bicyclic) bond motifs is 1. The first-order valence-electron chi connectivity index (χ1n) is 8.45. The molecule has 0 amide bonds. The summed E-state index contributed by atoms with van der Waals surface area (Å²) in [7, 11) is 3.19. The molecule has 1 heterocycles. The van der Waals surface area contributed by atoms with Gasteiger partial charge in [0.15, 0.2) is 0 Å². The summed E-state index contributed by atoms with van der Waals surface area (Å²) >= 11 is 0. The van der Waals surface area contributed by atoms with Crippen LogP contribution < -0.4 is 0 Å². The van der Waals surface area contributed by atoms with Crippen molar-refractivity contribution in [1.29, 1.82) is 0 Å². The second-order valence-electron chi connectivity index (χ2n) is 6.30. The molecule has 8 nitrogen and oxygen atoms in total. The van der Waals surface area contributed by atoms with Gasteiger partial charge in [-0.05, 0) is 25.8 Å². The van der Waals surface area contributed by atoms with E-state index in [1.807, 2.05) is 6.92 Å². The summed E-state index contributed by atoms with van der Waals surface area (Å²) in [4.78, 5) is 22.4. The molecule has 1 aromatic heterocycles. The summed E-state index contributed by atoms with van der Waals surface area (Å²) in [5.74, 6) is -1.07. The van der Waals surface area contributed by atoms with Crippen molar-refractivity contribution in [1.82, 2.24) is 4.57 Å². The molecule has 0 saturated carbocycles. The van der Waals surface area contributed by atoms with Crippen molar-refractivity contribution in [2.75, 3.05) is 7.11 Å². The molecule has 0 aromatic carbocycles. The number of aliphatic carboxylic acids is 1. The van der Waals surface area contributed by atoms with Crippen molar-refractivity contribution in [2.24, 2.45) is 7.05 Å². The topological polar surface area (TPSA) is 118 Å². The molecular weight excluding hydrogens is 342 g/mol. The van der Waals surface area contributed by atoms with Crippen molar-refractivity contribution in [3.8, 4) is 0 Å². The van der Waals surface area contributed by atoms with E-state index < -0.39 is 24.1 Å². The maximum Gasteiger partial charge on any atom is 0.306 e. The number of carboxylic acid groups (broad SMARTS) is 1. The number of methoxy groups -OCH3 is 1. The summed E-state index contributed by atoms with van der Waals surface area (Å²) < 4.78 is 12.2. The summed E-state index contributed by atoms with van der Waals surface area (Å²) in [6.07, 6.45) is 0.497. The zero-order valence-electron chi connectivity index (χ0n) is 15.2. The lowest BCUT2D eigenvalue weighted by Crippen LogP contribution is -2.17. The van der Waals surface area contributed by atoms with Gasteiger partial charge in [0.1, 0.15) is 24.6 Å². The molecule has 0 saturated heterocycles. The van der Waals surface area contributed by atoms with E-state index in [1.165, 1.54) is 13.2 Å². The number of nitrogens with zero attached hydrogens (tertiary/aromatic N) is 1. The van der Waals surface area contributed by atoms with Crippen LogP contribution in [0.4, 0.5) is 0 Å². The quantitative estimate of drug-likeness (QED) is 0.472. The molecule has 2 rings (SSSR count). The van der Waals surface area contributed by atoms with E-state index in [0.29, 0.717) is 29.7 Å². The van der Waals surface area contributed by atoms with E-state index in [1.54, 1.807) is 11.6 Å². The minimum absolute atomic E-state index is 0.0226. The minimum atomic E-state index is -1.04. The fourth-order valence-corrected chi connectivity index (χ4v) is 3.18. The average Bonchev–Trinajstić information content (AvgIpc) is 2.85. The predicted molar refractivity (Wildman–Crippen MR) is 91.1 cm³/mol. The third kappa shape index (κ3) is 4.08. The number of hydrogen-bond donors (Lipinski definition) is 3. The minimum Gasteiger partial charge on any atom is -0.498 e. The third-order valence-electron chi connectivity index (χ3n) is 4.68. The molecule has 2 atom stereocenters. The molecule has 8 heteroatoms. The van der Waals surface area contributed by atoms with Gasteiger partial charge in [-0.2, -0.15) is 0 Å². The Morgan fingerprint density at radius 3 is 2.50 bits per heavy atom. The number of carbonyl (C=O) groups is 2. The van der Waals surface area contributed by atoms with E-state index in [2.05, 4.69) is 0 Å². The molecule has 1 aliphatic carbocycles. The standard InChI is InChI=1S/C18H25NO7/c1-10-11(9-26-15(23)7-5-4-6-14(21)22)16-17(19(10)2)12(20)8-13(25-3)18(16)24/h8,12,18,20,24H,4-7,9H2,1-3H3,(H,21,22). The molecule has 144 valence electrons. The van der Waals surface area contributed by atoms with Crippen LogP contribution in [0.15, 0.2) is 11.8 Å². The number of unbranched alkanes of at least 4 members (excludes halogenated alkanes) is 1. The number of carbonyl (C=O) groups excluding carboxylic acids is 1. The number of esters is 1. The SMILES string of the molecule is COC1=CC(O)c2c(c(COC(=O)CCCCC(=O)O)c(C)n2C)C1O. The van der Waals surface area contributed by atoms with Crippen LogP contribution in [0.25, 0.3) is 0 Å². The van der Waals surface area contributed by atoms with E-state index in [4.69, 9.17) is 14.6 Å².